The summed E-state index contributed by atoms with van der Waals surface area (Å²) in [6, 6.07) is 6.44. The topological polar surface area (TPSA) is 97.4 Å². The zero-order valence-corrected chi connectivity index (χ0v) is 19.9. The lowest BCUT2D eigenvalue weighted by molar-refractivity contribution is -0.145. The molecule has 0 saturated carbocycles. The number of pyridine rings is 1. The van der Waals surface area contributed by atoms with Crippen LogP contribution in [0, 0.1) is 5.41 Å². The van der Waals surface area contributed by atoms with Crippen LogP contribution < -0.4 is 10.6 Å². The molecule has 2 N–H and O–H groups in total. The Bertz CT molecular complexity index is 1160. The predicted octanol–water partition coefficient (Wildman–Crippen LogP) is 4.51. The van der Waals surface area contributed by atoms with E-state index in [0.29, 0.717) is 24.9 Å². The molecule has 176 valence electrons. The molecule has 0 aliphatic heterocycles. The van der Waals surface area contributed by atoms with E-state index in [-0.39, 0.29) is 34.0 Å². The number of allylic oxidation sites excluding steroid dienone is 4. The van der Waals surface area contributed by atoms with Crippen LogP contribution in [0.5, 0.6) is 0 Å². The van der Waals surface area contributed by atoms with Gasteiger partial charge in [-0.1, -0.05) is 47.5 Å². The fourth-order valence-electron chi connectivity index (χ4n) is 4.12. The molecule has 0 saturated heterocycles. The number of rotatable bonds is 8. The van der Waals surface area contributed by atoms with E-state index in [1.807, 2.05) is 24.3 Å². The number of ketones is 1. The molecule has 1 heterocycles. The van der Waals surface area contributed by atoms with Crippen molar-refractivity contribution in [3.05, 3.63) is 81.8 Å². The van der Waals surface area contributed by atoms with E-state index in [1.54, 1.807) is 25.1 Å². The molecule has 7 nitrogen and oxygen atoms in total. The van der Waals surface area contributed by atoms with Crippen molar-refractivity contribution in [1.82, 2.24) is 10.3 Å². The van der Waals surface area contributed by atoms with E-state index in [1.165, 1.54) is 12.4 Å². The summed E-state index contributed by atoms with van der Waals surface area (Å²) in [7, 11) is 0. The van der Waals surface area contributed by atoms with Crippen molar-refractivity contribution in [2.75, 3.05) is 11.9 Å². The first kappa shape index (κ1) is 24.0. The maximum atomic E-state index is 12.6. The third-order valence-corrected chi connectivity index (χ3v) is 6.57. The van der Waals surface area contributed by atoms with Crippen LogP contribution in [0.3, 0.4) is 0 Å². The molecule has 0 unspecified atom stereocenters. The van der Waals surface area contributed by atoms with E-state index in [4.69, 9.17) is 27.9 Å². The summed E-state index contributed by atoms with van der Waals surface area (Å²) in [6.07, 6.45) is 9.88. The summed E-state index contributed by atoms with van der Waals surface area (Å²) < 4.78 is 5.26. The number of hydrogen-bond donors (Lipinski definition) is 2. The lowest BCUT2D eigenvalue weighted by Gasteiger charge is -2.39. The van der Waals surface area contributed by atoms with Crippen LogP contribution in [-0.2, 0) is 20.7 Å². The van der Waals surface area contributed by atoms with E-state index >= 15 is 0 Å². The van der Waals surface area contributed by atoms with Crippen molar-refractivity contribution in [2.45, 2.75) is 32.2 Å². The molecule has 34 heavy (non-hydrogen) atoms. The third-order valence-electron chi connectivity index (χ3n) is 5.99. The normalized spacial score (nSPS) is 16.6. The Balaban J connectivity index is 1.45. The highest BCUT2D eigenvalue weighted by atomic mass is 35.5. The largest absolute Gasteiger partial charge is 0.464 e. The lowest BCUT2D eigenvalue weighted by atomic mass is 9.69. The van der Waals surface area contributed by atoms with Crippen LogP contribution in [0.15, 0.2) is 60.6 Å². The Morgan fingerprint density at radius 2 is 1.76 bits per heavy atom. The predicted molar refractivity (Wildman–Crippen MR) is 130 cm³/mol. The van der Waals surface area contributed by atoms with Gasteiger partial charge in [0, 0.05) is 36.3 Å². The Kier molecular flexibility index (Phi) is 7.05. The fraction of sp³-hybridized carbons (Fsp3) is 0.280. The quantitative estimate of drug-likeness (QED) is 0.409. The second-order valence-corrected chi connectivity index (χ2v) is 8.98. The Morgan fingerprint density at radius 3 is 2.35 bits per heavy atom. The summed E-state index contributed by atoms with van der Waals surface area (Å²) >= 11 is 12.1. The number of carbonyl (C=O) groups is 3. The van der Waals surface area contributed by atoms with Gasteiger partial charge in [0.25, 0.3) is 5.91 Å². The molecule has 1 aromatic heterocycles. The van der Waals surface area contributed by atoms with E-state index in [9.17, 15) is 14.4 Å². The summed E-state index contributed by atoms with van der Waals surface area (Å²) in [6.45, 7) is 2.01. The van der Waals surface area contributed by atoms with Crippen LogP contribution in [-0.4, -0.2) is 35.3 Å². The summed E-state index contributed by atoms with van der Waals surface area (Å²) in [5.41, 5.74) is 1.76. The van der Waals surface area contributed by atoms with E-state index in [0.717, 1.165) is 11.3 Å². The van der Waals surface area contributed by atoms with Gasteiger partial charge in [-0.05, 0) is 37.5 Å². The smallest absolute Gasteiger partial charge is 0.328 e. The molecule has 1 aromatic carbocycles. The number of aromatic nitrogens is 1. The van der Waals surface area contributed by atoms with Gasteiger partial charge in [-0.25, -0.2) is 4.79 Å². The van der Waals surface area contributed by atoms with Crippen LogP contribution >= 0.6 is 23.2 Å². The Morgan fingerprint density at radius 1 is 1.12 bits per heavy atom. The molecule has 1 spiro atoms. The molecule has 1 amide bonds. The van der Waals surface area contributed by atoms with Gasteiger partial charge in [0.05, 0.1) is 27.6 Å². The minimum absolute atomic E-state index is 0.0807. The zero-order chi connectivity index (χ0) is 24.3. The molecule has 2 aromatic rings. The zero-order valence-electron chi connectivity index (χ0n) is 18.4. The number of ether oxygens (including phenoxy) is 1. The number of nitrogens with one attached hydrogen (secondary N) is 2. The van der Waals surface area contributed by atoms with Gasteiger partial charge in [0.2, 0.25) is 0 Å². The number of benzene rings is 1. The van der Waals surface area contributed by atoms with E-state index < -0.39 is 17.4 Å². The van der Waals surface area contributed by atoms with Crippen molar-refractivity contribution >= 4 is 46.5 Å². The fourth-order valence-corrected chi connectivity index (χ4v) is 4.66. The Hall–Kier alpha value is -3.16. The maximum absolute atomic E-state index is 12.6. The molecule has 2 aliphatic rings. The average Bonchev–Trinajstić information content (AvgIpc) is 3.33. The highest BCUT2D eigenvalue weighted by Gasteiger charge is 2.49. The lowest BCUT2D eigenvalue weighted by Crippen LogP contribution is -2.50. The minimum Gasteiger partial charge on any atom is -0.464 e. The number of halogens is 2. The molecular formula is C25H23Cl2N3O4. The van der Waals surface area contributed by atoms with Gasteiger partial charge in [0.15, 0.2) is 5.78 Å². The first-order valence-corrected chi connectivity index (χ1v) is 11.6. The third kappa shape index (κ3) is 4.72. The Labute approximate surface area is 207 Å². The molecule has 0 fully saturated rings. The standard InChI is InChI=1S/C25H23Cl2N3O4/c1-2-34-24(33)19(30-20-12-21(31)25(20)9-3-4-10-25)11-15-5-7-16(8-6-15)29-23(32)22-17(26)13-28-14-18(22)27/h3-8,12-14,19,30H,2,9-11H2,1H3,(H,29,32)/t19-/m0/s1. The van der Waals surface area contributed by atoms with Crippen molar-refractivity contribution in [2.24, 2.45) is 5.41 Å². The highest BCUT2D eigenvalue weighted by molar-refractivity contribution is 6.40. The van der Waals surface area contributed by atoms with Gasteiger partial charge in [-0.3, -0.25) is 14.6 Å². The van der Waals surface area contributed by atoms with Crippen LogP contribution in [0.4, 0.5) is 5.69 Å². The summed E-state index contributed by atoms with van der Waals surface area (Å²) in [5, 5.41) is 6.32. The molecule has 1 atom stereocenters. The summed E-state index contributed by atoms with van der Waals surface area (Å²) in [5.74, 6) is -0.756. The number of anilines is 1. The van der Waals surface area contributed by atoms with Gasteiger partial charge in [-0.2, -0.15) is 0 Å². The SMILES string of the molecule is CCOC(=O)[C@H](Cc1ccc(NC(=O)c2c(Cl)cncc2Cl)cc1)NC1=CC(=O)C12CC=CC2. The number of esters is 1. The monoisotopic (exact) mass is 499 g/mol. The van der Waals surface area contributed by atoms with E-state index in [2.05, 4.69) is 15.6 Å². The van der Waals surface area contributed by atoms with Crippen LogP contribution in [0.2, 0.25) is 10.0 Å². The highest BCUT2D eigenvalue weighted by Crippen LogP contribution is 2.46. The summed E-state index contributed by atoms with van der Waals surface area (Å²) in [4.78, 5) is 41.3. The first-order chi connectivity index (χ1) is 16.3. The van der Waals surface area contributed by atoms with Gasteiger partial charge in [-0.15, -0.1) is 0 Å². The number of carbonyl (C=O) groups excluding carboxylic acids is 3. The van der Waals surface area contributed by atoms with Gasteiger partial charge >= 0.3 is 5.97 Å². The van der Waals surface area contributed by atoms with Crippen molar-refractivity contribution in [1.29, 1.82) is 0 Å². The number of hydrogen-bond acceptors (Lipinski definition) is 6. The molecule has 4 rings (SSSR count). The maximum Gasteiger partial charge on any atom is 0.328 e. The molecule has 0 bridgehead atoms. The number of nitrogens with zero attached hydrogens (tertiary/aromatic N) is 1. The number of amides is 1. The van der Waals surface area contributed by atoms with Crippen molar-refractivity contribution in [3.8, 4) is 0 Å². The van der Waals surface area contributed by atoms with Crippen LogP contribution in [0.1, 0.15) is 35.7 Å². The molecule has 2 aliphatic carbocycles. The second-order valence-electron chi connectivity index (χ2n) is 8.17. The minimum atomic E-state index is -0.647. The molecule has 0 radical (unpaired) electrons. The van der Waals surface area contributed by atoms with Crippen LogP contribution in [0.25, 0.3) is 0 Å². The van der Waals surface area contributed by atoms with Crippen molar-refractivity contribution < 1.29 is 19.1 Å². The molecular weight excluding hydrogens is 477 g/mol. The average molecular weight is 500 g/mol. The van der Waals surface area contributed by atoms with Crippen molar-refractivity contribution in [3.63, 3.8) is 0 Å². The second kappa shape index (κ2) is 9.99. The van der Waals surface area contributed by atoms with Gasteiger partial charge < -0.3 is 15.4 Å². The first-order valence-electron chi connectivity index (χ1n) is 10.9. The molecule has 9 heteroatoms. The van der Waals surface area contributed by atoms with Gasteiger partial charge in [0.1, 0.15) is 6.04 Å².